The Morgan fingerprint density at radius 3 is 2.46 bits per heavy atom. The molecule has 7 nitrogen and oxygen atoms in total. The number of nitrogens with zero attached hydrogens (tertiary/aromatic N) is 1. The highest BCUT2D eigenvalue weighted by molar-refractivity contribution is 5.89. The van der Waals surface area contributed by atoms with Gasteiger partial charge in [-0.1, -0.05) is 23.8 Å². The summed E-state index contributed by atoms with van der Waals surface area (Å²) in [6, 6.07) is 14.1. The van der Waals surface area contributed by atoms with E-state index in [4.69, 9.17) is 14.2 Å². The van der Waals surface area contributed by atoms with Crippen LogP contribution in [0, 0.1) is 6.92 Å². The molecule has 0 spiro atoms. The van der Waals surface area contributed by atoms with Crippen LogP contribution in [0.3, 0.4) is 0 Å². The SMILES string of the molecule is COCCN(C(=O)Oc1cccc(NC(=O)OC(C)C)c1)c1ccc(C)cc1. The number of hydrogen-bond acceptors (Lipinski definition) is 5. The third kappa shape index (κ3) is 6.59. The maximum Gasteiger partial charge on any atom is 0.419 e. The maximum atomic E-state index is 12.7. The quantitative estimate of drug-likeness (QED) is 0.752. The minimum absolute atomic E-state index is 0.232. The van der Waals surface area contributed by atoms with Gasteiger partial charge < -0.3 is 14.2 Å². The number of ether oxygens (including phenoxy) is 3. The number of aryl methyl sites for hydroxylation is 1. The van der Waals surface area contributed by atoms with Crippen molar-refractivity contribution in [2.75, 3.05) is 30.5 Å². The molecule has 0 heterocycles. The van der Waals surface area contributed by atoms with Crippen LogP contribution >= 0.6 is 0 Å². The first kappa shape index (κ1) is 21.2. The Kier molecular flexibility index (Phi) is 7.83. The van der Waals surface area contributed by atoms with Gasteiger partial charge in [-0.2, -0.15) is 0 Å². The number of carbonyl (C=O) groups excluding carboxylic acids is 2. The number of benzene rings is 2. The molecule has 28 heavy (non-hydrogen) atoms. The van der Waals surface area contributed by atoms with Crippen molar-refractivity contribution in [3.05, 3.63) is 54.1 Å². The van der Waals surface area contributed by atoms with E-state index >= 15 is 0 Å². The molecule has 0 aromatic heterocycles. The van der Waals surface area contributed by atoms with Crippen molar-refractivity contribution in [3.8, 4) is 5.75 Å². The summed E-state index contributed by atoms with van der Waals surface area (Å²) in [5.41, 5.74) is 2.27. The van der Waals surface area contributed by atoms with Gasteiger partial charge in [0.15, 0.2) is 0 Å². The molecular weight excluding hydrogens is 360 g/mol. The van der Waals surface area contributed by atoms with Gasteiger partial charge >= 0.3 is 12.2 Å². The summed E-state index contributed by atoms with van der Waals surface area (Å²) in [6.45, 7) is 6.21. The van der Waals surface area contributed by atoms with Gasteiger partial charge in [-0.3, -0.25) is 10.2 Å². The molecule has 2 amide bonds. The zero-order valence-corrected chi connectivity index (χ0v) is 16.6. The van der Waals surface area contributed by atoms with Crippen molar-refractivity contribution in [1.82, 2.24) is 0 Å². The second kappa shape index (κ2) is 10.3. The topological polar surface area (TPSA) is 77.1 Å². The predicted molar refractivity (Wildman–Crippen MR) is 108 cm³/mol. The molecular formula is C21H26N2O5. The van der Waals surface area contributed by atoms with Crippen LogP contribution in [0.2, 0.25) is 0 Å². The Labute approximate surface area is 165 Å². The summed E-state index contributed by atoms with van der Waals surface area (Å²) in [4.78, 5) is 25.9. The van der Waals surface area contributed by atoms with E-state index in [9.17, 15) is 9.59 Å². The van der Waals surface area contributed by atoms with Crippen molar-refractivity contribution in [3.63, 3.8) is 0 Å². The smallest absolute Gasteiger partial charge is 0.419 e. The first-order valence-electron chi connectivity index (χ1n) is 9.01. The molecule has 0 fully saturated rings. The van der Waals surface area contributed by atoms with Gasteiger partial charge in [0.1, 0.15) is 5.75 Å². The Balaban J connectivity index is 2.10. The predicted octanol–water partition coefficient (Wildman–Crippen LogP) is 4.60. The fraction of sp³-hybridized carbons (Fsp3) is 0.333. The van der Waals surface area contributed by atoms with Crippen LogP contribution in [0.15, 0.2) is 48.5 Å². The van der Waals surface area contributed by atoms with Crippen molar-refractivity contribution in [2.45, 2.75) is 26.9 Å². The fourth-order valence-corrected chi connectivity index (χ4v) is 2.39. The molecule has 0 saturated carbocycles. The molecule has 0 unspecified atom stereocenters. The van der Waals surface area contributed by atoms with Crippen LogP contribution in [0.4, 0.5) is 21.0 Å². The molecule has 0 aliphatic heterocycles. The third-order valence-corrected chi connectivity index (χ3v) is 3.71. The van der Waals surface area contributed by atoms with Crippen molar-refractivity contribution in [1.29, 1.82) is 0 Å². The Morgan fingerprint density at radius 1 is 1.11 bits per heavy atom. The normalized spacial score (nSPS) is 10.5. The number of carbonyl (C=O) groups is 2. The summed E-state index contributed by atoms with van der Waals surface area (Å²) < 4.78 is 15.6. The van der Waals surface area contributed by atoms with Crippen LogP contribution in [0.5, 0.6) is 5.75 Å². The van der Waals surface area contributed by atoms with E-state index in [1.165, 1.54) is 4.90 Å². The van der Waals surface area contributed by atoms with Crippen molar-refractivity contribution >= 4 is 23.6 Å². The summed E-state index contributed by atoms with van der Waals surface area (Å²) >= 11 is 0. The third-order valence-electron chi connectivity index (χ3n) is 3.71. The van der Waals surface area contributed by atoms with E-state index in [2.05, 4.69) is 5.32 Å². The molecule has 2 aromatic carbocycles. The molecule has 1 N–H and O–H groups in total. The summed E-state index contributed by atoms with van der Waals surface area (Å²) in [7, 11) is 1.57. The van der Waals surface area contributed by atoms with Crippen LogP contribution < -0.4 is 15.0 Å². The number of hydrogen-bond donors (Lipinski definition) is 1. The number of anilines is 2. The molecule has 7 heteroatoms. The Hall–Kier alpha value is -3.06. The number of methoxy groups -OCH3 is 1. The number of rotatable bonds is 7. The second-order valence-electron chi connectivity index (χ2n) is 6.45. The van der Waals surface area contributed by atoms with E-state index < -0.39 is 12.2 Å². The summed E-state index contributed by atoms with van der Waals surface area (Å²) in [6.07, 6.45) is -1.34. The lowest BCUT2D eigenvalue weighted by molar-refractivity contribution is 0.130. The largest absolute Gasteiger partial charge is 0.447 e. The minimum atomic E-state index is -0.570. The zero-order chi connectivity index (χ0) is 20.5. The van der Waals surface area contributed by atoms with Crippen molar-refractivity contribution < 1.29 is 23.8 Å². The zero-order valence-electron chi connectivity index (χ0n) is 16.6. The lowest BCUT2D eigenvalue weighted by atomic mass is 10.2. The molecule has 0 bridgehead atoms. The molecule has 2 rings (SSSR count). The van der Waals surface area contributed by atoms with E-state index in [0.717, 1.165) is 5.56 Å². The molecule has 150 valence electrons. The van der Waals surface area contributed by atoms with Crippen LogP contribution in [-0.2, 0) is 9.47 Å². The van der Waals surface area contributed by atoms with E-state index in [-0.39, 0.29) is 6.10 Å². The molecule has 0 saturated heterocycles. The lowest BCUT2D eigenvalue weighted by Gasteiger charge is -2.22. The highest BCUT2D eigenvalue weighted by Crippen LogP contribution is 2.21. The molecule has 0 aliphatic rings. The van der Waals surface area contributed by atoms with Crippen LogP contribution in [-0.4, -0.2) is 38.6 Å². The highest BCUT2D eigenvalue weighted by atomic mass is 16.6. The Morgan fingerprint density at radius 2 is 1.82 bits per heavy atom. The van der Waals surface area contributed by atoms with Crippen molar-refractivity contribution in [2.24, 2.45) is 0 Å². The summed E-state index contributed by atoms with van der Waals surface area (Å²) in [5.74, 6) is 0.307. The molecule has 2 aromatic rings. The lowest BCUT2D eigenvalue weighted by Crippen LogP contribution is -2.36. The van der Waals surface area contributed by atoms with Gasteiger partial charge in [-0.25, -0.2) is 9.59 Å². The minimum Gasteiger partial charge on any atom is -0.447 e. The monoisotopic (exact) mass is 386 g/mol. The van der Waals surface area contributed by atoms with E-state index in [1.54, 1.807) is 45.2 Å². The van der Waals surface area contributed by atoms with Gasteiger partial charge in [-0.15, -0.1) is 0 Å². The molecule has 0 radical (unpaired) electrons. The average molecular weight is 386 g/mol. The van der Waals surface area contributed by atoms with E-state index in [1.807, 2.05) is 31.2 Å². The highest BCUT2D eigenvalue weighted by Gasteiger charge is 2.18. The molecule has 0 atom stereocenters. The first-order valence-corrected chi connectivity index (χ1v) is 9.01. The van der Waals surface area contributed by atoms with Gasteiger partial charge in [0, 0.05) is 24.6 Å². The summed E-state index contributed by atoms with van der Waals surface area (Å²) in [5, 5.41) is 2.60. The van der Waals surface area contributed by atoms with Gasteiger partial charge in [-0.05, 0) is 45.0 Å². The number of nitrogens with one attached hydrogen (secondary N) is 1. The van der Waals surface area contributed by atoms with Crippen LogP contribution in [0.25, 0.3) is 0 Å². The van der Waals surface area contributed by atoms with Gasteiger partial charge in [0.2, 0.25) is 0 Å². The maximum absolute atomic E-state index is 12.7. The standard InChI is InChI=1S/C21H26N2O5/c1-15(2)27-20(24)22-17-6-5-7-19(14-17)28-21(25)23(12-13-26-4)18-10-8-16(3)9-11-18/h5-11,14-15H,12-13H2,1-4H3,(H,22,24). The second-order valence-corrected chi connectivity index (χ2v) is 6.45. The first-order chi connectivity index (χ1) is 13.4. The van der Waals surface area contributed by atoms with Crippen LogP contribution in [0.1, 0.15) is 19.4 Å². The molecule has 0 aliphatic carbocycles. The Bertz CT molecular complexity index is 790. The average Bonchev–Trinajstić information content (AvgIpc) is 2.63. The van der Waals surface area contributed by atoms with Gasteiger partial charge in [0.25, 0.3) is 0 Å². The van der Waals surface area contributed by atoms with E-state index in [0.29, 0.717) is 30.3 Å². The number of amides is 2. The van der Waals surface area contributed by atoms with Gasteiger partial charge in [0.05, 0.1) is 19.3 Å². The fourth-order valence-electron chi connectivity index (χ4n) is 2.39.